The standard InChI is InChI=1S/C13H14BrNS/c1-2-15-13(10-6-4-3-5-7-10)11-8-16-9-12(11)14/h3-9,13,15H,2H2,1H3. The average molecular weight is 296 g/mol. The first-order chi connectivity index (χ1) is 7.83. The van der Waals surface area contributed by atoms with Crippen molar-refractivity contribution in [3.05, 3.63) is 56.7 Å². The van der Waals surface area contributed by atoms with Crippen molar-refractivity contribution in [2.24, 2.45) is 0 Å². The maximum absolute atomic E-state index is 3.60. The number of benzene rings is 1. The molecular formula is C13H14BrNS. The number of hydrogen-bond acceptors (Lipinski definition) is 2. The summed E-state index contributed by atoms with van der Waals surface area (Å²) in [5, 5.41) is 7.85. The van der Waals surface area contributed by atoms with E-state index in [1.165, 1.54) is 15.6 Å². The highest BCUT2D eigenvalue weighted by Gasteiger charge is 2.15. The number of halogens is 1. The van der Waals surface area contributed by atoms with Crippen molar-refractivity contribution in [1.82, 2.24) is 5.32 Å². The number of thiophene rings is 1. The van der Waals surface area contributed by atoms with E-state index in [0.717, 1.165) is 6.54 Å². The van der Waals surface area contributed by atoms with Gasteiger partial charge in [-0.3, -0.25) is 0 Å². The molecule has 0 saturated heterocycles. The van der Waals surface area contributed by atoms with Crippen LogP contribution >= 0.6 is 27.3 Å². The van der Waals surface area contributed by atoms with Gasteiger partial charge in [0.15, 0.2) is 0 Å². The Morgan fingerprint density at radius 1 is 1.25 bits per heavy atom. The van der Waals surface area contributed by atoms with Crippen LogP contribution in [0, 0.1) is 0 Å². The van der Waals surface area contributed by atoms with Crippen LogP contribution in [-0.2, 0) is 0 Å². The summed E-state index contributed by atoms with van der Waals surface area (Å²) in [6.45, 7) is 3.10. The summed E-state index contributed by atoms with van der Waals surface area (Å²) in [5.74, 6) is 0. The van der Waals surface area contributed by atoms with Gasteiger partial charge in [-0.05, 0) is 39.0 Å². The summed E-state index contributed by atoms with van der Waals surface area (Å²) in [7, 11) is 0. The Morgan fingerprint density at radius 2 is 2.00 bits per heavy atom. The van der Waals surface area contributed by atoms with Crippen molar-refractivity contribution in [2.75, 3.05) is 6.54 Å². The number of hydrogen-bond donors (Lipinski definition) is 1. The highest BCUT2D eigenvalue weighted by Crippen LogP contribution is 2.31. The predicted molar refractivity (Wildman–Crippen MR) is 74.0 cm³/mol. The van der Waals surface area contributed by atoms with Crippen molar-refractivity contribution in [1.29, 1.82) is 0 Å². The maximum Gasteiger partial charge on any atom is 0.0596 e. The second kappa shape index (κ2) is 5.62. The molecule has 0 spiro atoms. The lowest BCUT2D eigenvalue weighted by Crippen LogP contribution is -2.21. The normalized spacial score (nSPS) is 12.6. The van der Waals surface area contributed by atoms with Crippen molar-refractivity contribution in [2.45, 2.75) is 13.0 Å². The van der Waals surface area contributed by atoms with E-state index in [9.17, 15) is 0 Å². The predicted octanol–water partition coefficient (Wildman–Crippen LogP) is 4.21. The summed E-state index contributed by atoms with van der Waals surface area (Å²) >= 11 is 5.33. The van der Waals surface area contributed by atoms with Crippen LogP contribution in [0.4, 0.5) is 0 Å². The van der Waals surface area contributed by atoms with Crippen LogP contribution < -0.4 is 5.32 Å². The Kier molecular flexibility index (Phi) is 4.16. The smallest absolute Gasteiger partial charge is 0.0596 e. The lowest BCUT2D eigenvalue weighted by Gasteiger charge is -2.18. The van der Waals surface area contributed by atoms with Gasteiger partial charge in [0.1, 0.15) is 0 Å². The van der Waals surface area contributed by atoms with Gasteiger partial charge in [-0.25, -0.2) is 0 Å². The third-order valence-electron chi connectivity index (χ3n) is 2.49. The van der Waals surface area contributed by atoms with Crippen LogP contribution in [0.5, 0.6) is 0 Å². The molecule has 1 N–H and O–H groups in total. The van der Waals surface area contributed by atoms with Gasteiger partial charge in [0.25, 0.3) is 0 Å². The molecule has 1 atom stereocenters. The second-order valence-corrected chi connectivity index (χ2v) is 5.17. The number of nitrogens with one attached hydrogen (secondary N) is 1. The van der Waals surface area contributed by atoms with Gasteiger partial charge in [0.05, 0.1) is 6.04 Å². The Morgan fingerprint density at radius 3 is 2.56 bits per heavy atom. The molecule has 3 heteroatoms. The quantitative estimate of drug-likeness (QED) is 0.891. The van der Waals surface area contributed by atoms with E-state index in [1.807, 2.05) is 0 Å². The molecule has 2 aromatic rings. The Balaban J connectivity index is 2.35. The van der Waals surface area contributed by atoms with Gasteiger partial charge in [-0.2, -0.15) is 11.3 Å². The van der Waals surface area contributed by atoms with Crippen LogP contribution in [-0.4, -0.2) is 6.54 Å². The topological polar surface area (TPSA) is 12.0 Å². The van der Waals surface area contributed by atoms with E-state index in [4.69, 9.17) is 0 Å². The zero-order valence-corrected chi connectivity index (χ0v) is 11.5. The summed E-state index contributed by atoms with van der Waals surface area (Å²) in [6, 6.07) is 10.8. The molecule has 0 bridgehead atoms. The number of rotatable bonds is 4. The van der Waals surface area contributed by atoms with Gasteiger partial charge in [-0.15, -0.1) is 0 Å². The van der Waals surface area contributed by atoms with Gasteiger partial charge in [0.2, 0.25) is 0 Å². The zero-order valence-electron chi connectivity index (χ0n) is 9.11. The maximum atomic E-state index is 3.60. The SMILES string of the molecule is CCNC(c1ccccc1)c1cscc1Br. The van der Waals surface area contributed by atoms with Crippen molar-refractivity contribution in [3.63, 3.8) is 0 Å². The van der Waals surface area contributed by atoms with Gasteiger partial charge >= 0.3 is 0 Å². The minimum absolute atomic E-state index is 0.284. The molecule has 0 radical (unpaired) electrons. The van der Waals surface area contributed by atoms with Crippen LogP contribution in [0.2, 0.25) is 0 Å². The van der Waals surface area contributed by atoms with Crippen LogP contribution in [0.25, 0.3) is 0 Å². The minimum atomic E-state index is 0.284. The summed E-state index contributed by atoms with van der Waals surface area (Å²) in [5.41, 5.74) is 2.63. The molecule has 1 aromatic carbocycles. The van der Waals surface area contributed by atoms with E-state index in [0.29, 0.717) is 0 Å². The molecule has 0 aliphatic carbocycles. The highest BCUT2D eigenvalue weighted by molar-refractivity contribution is 9.10. The molecule has 16 heavy (non-hydrogen) atoms. The van der Waals surface area contributed by atoms with Gasteiger partial charge in [-0.1, -0.05) is 37.3 Å². The Hall–Kier alpha value is -0.640. The summed E-state index contributed by atoms with van der Waals surface area (Å²) in [6.07, 6.45) is 0. The van der Waals surface area contributed by atoms with Gasteiger partial charge < -0.3 is 5.32 Å². The monoisotopic (exact) mass is 295 g/mol. The average Bonchev–Trinajstić information content (AvgIpc) is 2.73. The first kappa shape index (κ1) is 11.8. The van der Waals surface area contributed by atoms with E-state index in [-0.39, 0.29) is 6.04 Å². The van der Waals surface area contributed by atoms with Crippen LogP contribution in [0.1, 0.15) is 24.1 Å². The van der Waals surface area contributed by atoms with E-state index >= 15 is 0 Å². The fourth-order valence-electron chi connectivity index (χ4n) is 1.75. The van der Waals surface area contributed by atoms with Crippen molar-refractivity contribution >= 4 is 27.3 Å². The molecule has 1 aromatic heterocycles. The molecule has 84 valence electrons. The third-order valence-corrected chi connectivity index (χ3v) is 4.25. The fraction of sp³-hybridized carbons (Fsp3) is 0.231. The van der Waals surface area contributed by atoms with Crippen molar-refractivity contribution < 1.29 is 0 Å². The second-order valence-electron chi connectivity index (χ2n) is 3.58. The Bertz CT molecular complexity index is 438. The molecule has 0 aliphatic heterocycles. The molecule has 0 fully saturated rings. The van der Waals surface area contributed by atoms with E-state index in [2.05, 4.69) is 69.3 Å². The summed E-state index contributed by atoms with van der Waals surface area (Å²) < 4.78 is 1.19. The molecule has 1 heterocycles. The van der Waals surface area contributed by atoms with Crippen molar-refractivity contribution in [3.8, 4) is 0 Å². The molecule has 1 nitrogen and oxygen atoms in total. The third kappa shape index (κ3) is 2.54. The first-order valence-electron chi connectivity index (χ1n) is 5.33. The highest BCUT2D eigenvalue weighted by atomic mass is 79.9. The van der Waals surface area contributed by atoms with E-state index in [1.54, 1.807) is 11.3 Å². The molecule has 0 saturated carbocycles. The largest absolute Gasteiger partial charge is 0.306 e. The summed E-state index contributed by atoms with van der Waals surface area (Å²) in [4.78, 5) is 0. The molecule has 0 amide bonds. The minimum Gasteiger partial charge on any atom is -0.306 e. The fourth-order valence-corrected chi connectivity index (χ4v) is 3.31. The zero-order chi connectivity index (χ0) is 11.4. The van der Waals surface area contributed by atoms with Crippen LogP contribution in [0.3, 0.4) is 0 Å². The molecule has 1 unspecified atom stereocenters. The lowest BCUT2D eigenvalue weighted by molar-refractivity contribution is 0.630. The lowest BCUT2D eigenvalue weighted by atomic mass is 10.0. The van der Waals surface area contributed by atoms with Gasteiger partial charge in [0, 0.05) is 9.85 Å². The first-order valence-corrected chi connectivity index (χ1v) is 7.06. The van der Waals surface area contributed by atoms with Crippen LogP contribution in [0.15, 0.2) is 45.6 Å². The molecular weight excluding hydrogens is 282 g/mol. The molecule has 0 aliphatic rings. The molecule has 2 rings (SSSR count). The Labute approximate surface area is 109 Å². The van der Waals surface area contributed by atoms with E-state index < -0.39 is 0 Å².